The molecule has 28 valence electrons. The minimum absolute atomic E-state index is 0.528. The fraction of sp³-hybridized carbons (Fsp3) is 1.00. The maximum Gasteiger partial charge on any atom is -0.114 e. The summed E-state index contributed by atoms with van der Waals surface area (Å²) in [5, 5.41) is 0. The van der Waals surface area contributed by atoms with Gasteiger partial charge in [0.25, 0.3) is 0 Å². The van der Waals surface area contributed by atoms with E-state index in [2.05, 4.69) is 20.8 Å². The Kier molecular flexibility index (Phi) is 1.70. The van der Waals surface area contributed by atoms with Crippen molar-refractivity contribution in [3.8, 4) is 0 Å². The van der Waals surface area contributed by atoms with Crippen LogP contribution in [0.3, 0.4) is 0 Å². The molecule has 1 heteroatoms. The van der Waals surface area contributed by atoms with E-state index in [1.165, 1.54) is 0 Å². The van der Waals surface area contributed by atoms with Gasteiger partial charge in [0.1, 0.15) is 0 Å². The lowest BCUT2D eigenvalue weighted by Gasteiger charge is -2.28. The summed E-state index contributed by atoms with van der Waals surface area (Å²) in [7, 11) is 0. The van der Waals surface area contributed by atoms with Gasteiger partial charge in [-0.3, -0.25) is 0 Å². The van der Waals surface area contributed by atoms with Crippen molar-refractivity contribution in [3.63, 3.8) is 0 Å². The zero-order valence-electron chi connectivity index (χ0n) is 4.21. The van der Waals surface area contributed by atoms with Crippen LogP contribution in [-0.4, -0.2) is 21.7 Å². The van der Waals surface area contributed by atoms with Crippen LogP contribution in [0.5, 0.6) is 0 Å². The molecule has 5 heavy (non-hydrogen) atoms. The summed E-state index contributed by atoms with van der Waals surface area (Å²) in [6, 6.07) is 0. The predicted molar refractivity (Wildman–Crippen MR) is 25.5 cm³/mol. The van der Waals surface area contributed by atoms with Crippen LogP contribution >= 0.6 is 0 Å². The Morgan fingerprint density at radius 1 is 1.20 bits per heavy atom. The molecule has 0 rings (SSSR count). The van der Waals surface area contributed by atoms with E-state index in [0.717, 1.165) is 0 Å². The van der Waals surface area contributed by atoms with Crippen molar-refractivity contribution < 1.29 is 0 Å². The van der Waals surface area contributed by atoms with Gasteiger partial charge in [0, 0.05) is 0 Å². The van der Waals surface area contributed by atoms with E-state index in [0.29, 0.717) is 3.54 Å². The summed E-state index contributed by atoms with van der Waals surface area (Å²) in [6.07, 6.45) is 0. The van der Waals surface area contributed by atoms with Crippen LogP contribution in [0.15, 0.2) is 0 Å². The Bertz CT molecular complexity index is 19.1. The summed E-state index contributed by atoms with van der Waals surface area (Å²) >= 11 is 2.01. The summed E-state index contributed by atoms with van der Waals surface area (Å²) in [5.74, 6) is 0. The SMILES string of the molecule is C[C](C)(C)[Mg-]. The molecule has 0 fully saturated rings. The molecule has 0 bridgehead atoms. The van der Waals surface area contributed by atoms with Gasteiger partial charge in [-0.1, -0.05) is 0 Å². The molecule has 0 atom stereocenters. The molecule has 0 heterocycles. The highest BCUT2D eigenvalue weighted by atomic mass is 24.4. The van der Waals surface area contributed by atoms with Gasteiger partial charge in [-0.15, -0.1) is 20.8 Å². The van der Waals surface area contributed by atoms with Crippen molar-refractivity contribution in [1.82, 2.24) is 0 Å². The van der Waals surface area contributed by atoms with E-state index in [4.69, 9.17) is 0 Å². The highest BCUT2D eigenvalue weighted by Crippen LogP contribution is 2.13. The molecule has 0 aliphatic carbocycles. The standard InChI is InChI=1S/C4H9.Mg/c1-4(2)3;/h1-3H3;/q;-1. The molecule has 0 nitrogen and oxygen atoms in total. The minimum atomic E-state index is 0.528. The smallest absolute Gasteiger partial charge is 0.114 e. The van der Waals surface area contributed by atoms with Gasteiger partial charge in [-0.25, -0.2) is 0 Å². The Morgan fingerprint density at radius 2 is 1.20 bits per heavy atom. The second kappa shape index (κ2) is 1.48. The quantitative estimate of drug-likeness (QED) is 0.386. The molecule has 0 aromatic heterocycles. The average Bonchev–Trinajstić information content (AvgIpc) is 0.722. The predicted octanol–water partition coefficient (Wildman–Crippen LogP) is 1.37. The first-order chi connectivity index (χ1) is 2.00. The summed E-state index contributed by atoms with van der Waals surface area (Å²) in [6.45, 7) is 6.60. The molecular weight excluding hydrogens is 72.3 g/mol. The van der Waals surface area contributed by atoms with Crippen molar-refractivity contribution in [1.29, 1.82) is 0 Å². The second-order valence-corrected chi connectivity index (χ2v) is 4.68. The average molecular weight is 81.4 g/mol. The zero-order chi connectivity index (χ0) is 4.50. The fourth-order valence-corrected chi connectivity index (χ4v) is 0. The first-order valence-electron chi connectivity index (χ1n) is 1.85. The van der Waals surface area contributed by atoms with Crippen LogP contribution in [0, 0.1) is 0 Å². The zero-order valence-corrected chi connectivity index (χ0v) is 5.62. The van der Waals surface area contributed by atoms with E-state index in [-0.39, 0.29) is 0 Å². The number of rotatable bonds is 0. The first kappa shape index (κ1) is 5.77. The van der Waals surface area contributed by atoms with Crippen molar-refractivity contribution in [2.24, 2.45) is 0 Å². The third-order valence-corrected chi connectivity index (χ3v) is 0. The van der Waals surface area contributed by atoms with E-state index < -0.39 is 0 Å². The summed E-state index contributed by atoms with van der Waals surface area (Å²) < 4.78 is 0.528. The van der Waals surface area contributed by atoms with Crippen LogP contribution in [-0.2, 0) is 0 Å². The van der Waals surface area contributed by atoms with Gasteiger partial charge in [-0.05, 0) is 0 Å². The molecule has 0 saturated carbocycles. The molecule has 0 aliphatic rings. The molecule has 0 unspecified atom stereocenters. The fourth-order valence-electron chi connectivity index (χ4n) is 0. The van der Waals surface area contributed by atoms with Gasteiger partial charge in [0.2, 0.25) is 0 Å². The highest BCUT2D eigenvalue weighted by molar-refractivity contribution is 6.14. The molecule has 0 aliphatic heterocycles. The maximum absolute atomic E-state index is 2.20. The lowest BCUT2D eigenvalue weighted by Crippen LogP contribution is -1.90. The van der Waals surface area contributed by atoms with Gasteiger partial charge in [0.15, 0.2) is 0 Å². The minimum Gasteiger partial charge on any atom is -0.479 e. The molecule has 2 radical (unpaired) electrons. The third kappa shape index (κ3) is 62.1. The summed E-state index contributed by atoms with van der Waals surface area (Å²) in [5.41, 5.74) is 0. The molecule has 0 saturated heterocycles. The Balaban J connectivity index is 3.02. The molecule has 0 aromatic carbocycles. The normalized spacial score (nSPS) is 11.8. The van der Waals surface area contributed by atoms with Crippen molar-refractivity contribution in [2.75, 3.05) is 0 Å². The van der Waals surface area contributed by atoms with E-state index in [9.17, 15) is 0 Å². The lowest BCUT2D eigenvalue weighted by molar-refractivity contribution is 0.767. The van der Waals surface area contributed by atoms with Crippen LogP contribution in [0.1, 0.15) is 20.8 Å². The second-order valence-electron chi connectivity index (χ2n) is 2.56. The monoisotopic (exact) mass is 81.1 g/mol. The van der Waals surface area contributed by atoms with Crippen LogP contribution in [0.2, 0.25) is 3.54 Å². The number of hydrogen-bond acceptors (Lipinski definition) is 0. The summed E-state index contributed by atoms with van der Waals surface area (Å²) in [4.78, 5) is 0. The highest BCUT2D eigenvalue weighted by Gasteiger charge is 1.73. The molecular formula is C4H9Mg-. The Morgan fingerprint density at radius 3 is 1.20 bits per heavy atom. The van der Waals surface area contributed by atoms with Gasteiger partial charge in [-0.2, -0.15) is 0 Å². The van der Waals surface area contributed by atoms with E-state index >= 15 is 0 Å². The van der Waals surface area contributed by atoms with E-state index in [1.54, 1.807) is 0 Å². The van der Waals surface area contributed by atoms with E-state index in [1.807, 2.05) is 21.7 Å². The number of hydrogen-bond donors (Lipinski definition) is 0. The Labute approximate surface area is 46.4 Å². The van der Waals surface area contributed by atoms with Crippen LogP contribution in [0.25, 0.3) is 0 Å². The first-order valence-corrected chi connectivity index (χ1v) is 2.56. The van der Waals surface area contributed by atoms with Crippen molar-refractivity contribution in [3.05, 3.63) is 0 Å². The topological polar surface area (TPSA) is 0 Å². The molecule has 0 aromatic rings. The maximum atomic E-state index is 2.20. The molecule has 0 amide bonds. The largest absolute Gasteiger partial charge is 0.479 e. The lowest BCUT2D eigenvalue weighted by atomic mass is 10.2. The molecule has 0 N–H and O–H groups in total. The van der Waals surface area contributed by atoms with Gasteiger partial charge in [0.05, 0.1) is 0 Å². The van der Waals surface area contributed by atoms with Gasteiger partial charge >= 0.3 is 0 Å². The van der Waals surface area contributed by atoms with Crippen molar-refractivity contribution >= 4 is 21.7 Å². The van der Waals surface area contributed by atoms with Crippen LogP contribution in [0.4, 0.5) is 0 Å². The van der Waals surface area contributed by atoms with Crippen LogP contribution < -0.4 is 0 Å². The molecule has 0 spiro atoms. The van der Waals surface area contributed by atoms with Crippen molar-refractivity contribution in [2.45, 2.75) is 24.3 Å². The van der Waals surface area contributed by atoms with Gasteiger partial charge < -0.3 is 25.3 Å². The third-order valence-electron chi connectivity index (χ3n) is 0. The Hall–Kier alpha value is 0.766.